The Hall–Kier alpha value is -2.50. The monoisotopic (exact) mass is 345 g/mol. The zero-order valence-electron chi connectivity index (χ0n) is 13.6. The molecule has 1 aromatic carbocycles. The van der Waals surface area contributed by atoms with Crippen molar-refractivity contribution in [3.63, 3.8) is 0 Å². The molecule has 0 saturated heterocycles. The second-order valence-corrected chi connectivity index (χ2v) is 6.41. The Morgan fingerprint density at radius 3 is 2.48 bits per heavy atom. The van der Waals surface area contributed by atoms with Gasteiger partial charge in [0.25, 0.3) is 0 Å². The first kappa shape index (κ1) is 16.0. The van der Waals surface area contributed by atoms with Crippen LogP contribution in [0.25, 0.3) is 16.9 Å². The van der Waals surface area contributed by atoms with Crippen LogP contribution in [0.1, 0.15) is 31.2 Å². The topological polar surface area (TPSA) is 29.3 Å². The van der Waals surface area contributed by atoms with Gasteiger partial charge in [-0.15, -0.1) is 0 Å². The van der Waals surface area contributed by atoms with Crippen LogP contribution in [-0.2, 0) is 6.18 Å². The van der Waals surface area contributed by atoms with Crippen molar-refractivity contribution in [2.24, 2.45) is 0 Å². The average Bonchev–Trinajstić information content (AvgIpc) is 3.23. The van der Waals surface area contributed by atoms with Crippen molar-refractivity contribution in [2.75, 3.05) is 5.32 Å². The third-order valence-electron chi connectivity index (χ3n) is 4.71. The minimum Gasteiger partial charge on any atom is -0.367 e. The molecule has 2 heterocycles. The molecule has 0 unspecified atom stereocenters. The minimum atomic E-state index is -4.42. The third-order valence-corrected chi connectivity index (χ3v) is 4.71. The molecule has 0 spiro atoms. The highest BCUT2D eigenvalue weighted by Gasteiger charge is 2.35. The number of nitrogens with zero attached hydrogens (tertiary/aromatic N) is 2. The molecule has 2 aromatic heterocycles. The van der Waals surface area contributed by atoms with E-state index in [1.54, 1.807) is 12.1 Å². The standard InChI is InChI=1S/C19H18F3N3/c20-19(21,22)15-10-4-3-9-14(15)17-18(23-13-7-1-2-8-13)25-12-6-5-11-16(25)24-17/h3-6,9-13,23H,1-2,7-8H2. The van der Waals surface area contributed by atoms with E-state index in [4.69, 9.17) is 0 Å². The fourth-order valence-electron chi connectivity index (χ4n) is 3.52. The first-order valence-electron chi connectivity index (χ1n) is 8.44. The van der Waals surface area contributed by atoms with Gasteiger partial charge in [-0.2, -0.15) is 13.2 Å². The number of benzene rings is 1. The second-order valence-electron chi connectivity index (χ2n) is 6.41. The second kappa shape index (κ2) is 6.10. The molecule has 1 N–H and O–H groups in total. The van der Waals surface area contributed by atoms with Crippen LogP contribution in [-0.4, -0.2) is 15.4 Å². The summed E-state index contributed by atoms with van der Waals surface area (Å²) in [5, 5.41) is 3.44. The van der Waals surface area contributed by atoms with Crippen LogP contribution in [0.4, 0.5) is 19.0 Å². The van der Waals surface area contributed by atoms with E-state index in [1.807, 2.05) is 22.7 Å². The smallest absolute Gasteiger partial charge is 0.367 e. The van der Waals surface area contributed by atoms with Crippen LogP contribution in [0.15, 0.2) is 48.7 Å². The van der Waals surface area contributed by atoms with E-state index in [-0.39, 0.29) is 11.6 Å². The van der Waals surface area contributed by atoms with Crippen molar-refractivity contribution in [1.82, 2.24) is 9.38 Å². The van der Waals surface area contributed by atoms with Crippen LogP contribution < -0.4 is 5.32 Å². The van der Waals surface area contributed by atoms with Gasteiger partial charge >= 0.3 is 6.18 Å². The number of pyridine rings is 1. The first-order chi connectivity index (χ1) is 12.0. The molecule has 4 rings (SSSR count). The number of alkyl halides is 3. The number of anilines is 1. The van der Waals surface area contributed by atoms with Crippen molar-refractivity contribution in [2.45, 2.75) is 37.9 Å². The van der Waals surface area contributed by atoms with Gasteiger partial charge in [-0.3, -0.25) is 4.40 Å². The lowest BCUT2D eigenvalue weighted by molar-refractivity contribution is -0.137. The van der Waals surface area contributed by atoms with Crippen molar-refractivity contribution in [3.8, 4) is 11.3 Å². The number of rotatable bonds is 3. The normalized spacial score (nSPS) is 15.8. The molecule has 0 amide bonds. The van der Waals surface area contributed by atoms with Crippen molar-refractivity contribution >= 4 is 11.5 Å². The van der Waals surface area contributed by atoms with Crippen LogP contribution in [0.5, 0.6) is 0 Å². The highest BCUT2D eigenvalue weighted by molar-refractivity contribution is 5.79. The molecule has 0 radical (unpaired) electrons. The minimum absolute atomic E-state index is 0.110. The van der Waals surface area contributed by atoms with E-state index in [0.717, 1.165) is 31.7 Å². The van der Waals surface area contributed by atoms with Gasteiger partial charge < -0.3 is 5.32 Å². The lowest BCUT2D eigenvalue weighted by Gasteiger charge is -2.16. The zero-order chi connectivity index (χ0) is 17.4. The summed E-state index contributed by atoms with van der Waals surface area (Å²) in [6.07, 6.45) is 1.75. The first-order valence-corrected chi connectivity index (χ1v) is 8.44. The summed E-state index contributed by atoms with van der Waals surface area (Å²) in [5.41, 5.74) is 0.438. The number of aromatic nitrogens is 2. The van der Waals surface area contributed by atoms with Gasteiger partial charge in [0.15, 0.2) is 0 Å². The SMILES string of the molecule is FC(F)(F)c1ccccc1-c1nc2ccccn2c1NC1CCCC1. The highest BCUT2D eigenvalue weighted by Crippen LogP contribution is 2.40. The number of hydrogen-bond donors (Lipinski definition) is 1. The average molecular weight is 345 g/mol. The molecule has 25 heavy (non-hydrogen) atoms. The lowest BCUT2D eigenvalue weighted by Crippen LogP contribution is -2.17. The molecule has 1 saturated carbocycles. The number of fused-ring (bicyclic) bond motifs is 1. The third kappa shape index (κ3) is 2.97. The fraction of sp³-hybridized carbons (Fsp3) is 0.316. The van der Waals surface area contributed by atoms with Gasteiger partial charge in [-0.05, 0) is 31.0 Å². The Balaban J connectivity index is 1.90. The molecular weight excluding hydrogens is 327 g/mol. The zero-order valence-corrected chi connectivity index (χ0v) is 13.6. The predicted octanol–water partition coefficient (Wildman–Crippen LogP) is 5.37. The Labute approximate surface area is 143 Å². The van der Waals surface area contributed by atoms with Crippen LogP contribution >= 0.6 is 0 Å². The molecule has 0 atom stereocenters. The molecule has 130 valence electrons. The van der Waals surface area contributed by atoms with Crippen molar-refractivity contribution in [1.29, 1.82) is 0 Å². The molecule has 3 nitrogen and oxygen atoms in total. The van der Waals surface area contributed by atoms with Gasteiger partial charge in [-0.1, -0.05) is 37.1 Å². The van der Waals surface area contributed by atoms with Crippen LogP contribution in [0.3, 0.4) is 0 Å². The summed E-state index contributed by atoms with van der Waals surface area (Å²) in [7, 11) is 0. The molecular formula is C19H18F3N3. The maximum absolute atomic E-state index is 13.5. The van der Waals surface area contributed by atoms with Crippen LogP contribution in [0.2, 0.25) is 0 Å². The predicted molar refractivity (Wildman–Crippen MR) is 91.5 cm³/mol. The van der Waals surface area contributed by atoms with Gasteiger partial charge in [0.2, 0.25) is 0 Å². The van der Waals surface area contributed by atoms with Gasteiger partial charge in [-0.25, -0.2) is 4.98 Å². The van der Waals surface area contributed by atoms with Gasteiger partial charge in [0.05, 0.1) is 5.56 Å². The maximum atomic E-state index is 13.5. The van der Waals surface area contributed by atoms with Crippen LogP contribution in [0, 0.1) is 0 Å². The van der Waals surface area contributed by atoms with Crippen molar-refractivity contribution < 1.29 is 13.2 Å². The van der Waals surface area contributed by atoms with E-state index in [1.165, 1.54) is 12.1 Å². The quantitative estimate of drug-likeness (QED) is 0.691. The molecule has 0 bridgehead atoms. The number of hydrogen-bond acceptors (Lipinski definition) is 2. The molecule has 6 heteroatoms. The molecule has 1 fully saturated rings. The van der Waals surface area contributed by atoms with E-state index in [2.05, 4.69) is 10.3 Å². The lowest BCUT2D eigenvalue weighted by atomic mass is 10.0. The van der Waals surface area contributed by atoms with E-state index >= 15 is 0 Å². The molecule has 1 aliphatic carbocycles. The summed E-state index contributed by atoms with van der Waals surface area (Å²) in [6.45, 7) is 0. The summed E-state index contributed by atoms with van der Waals surface area (Å²) >= 11 is 0. The summed E-state index contributed by atoms with van der Waals surface area (Å²) in [4.78, 5) is 4.50. The summed E-state index contributed by atoms with van der Waals surface area (Å²) in [6, 6.07) is 11.4. The molecule has 1 aliphatic rings. The van der Waals surface area contributed by atoms with E-state index < -0.39 is 11.7 Å². The molecule has 3 aromatic rings. The van der Waals surface area contributed by atoms with Gasteiger partial charge in [0.1, 0.15) is 17.2 Å². The largest absolute Gasteiger partial charge is 0.417 e. The Morgan fingerprint density at radius 2 is 1.72 bits per heavy atom. The highest BCUT2D eigenvalue weighted by atomic mass is 19.4. The Kier molecular flexibility index (Phi) is 3.90. The summed E-state index contributed by atoms with van der Waals surface area (Å²) in [5.74, 6) is 0.638. The van der Waals surface area contributed by atoms with E-state index in [0.29, 0.717) is 17.2 Å². The fourth-order valence-corrected chi connectivity index (χ4v) is 3.52. The number of nitrogens with one attached hydrogen (secondary N) is 1. The Morgan fingerprint density at radius 1 is 1.00 bits per heavy atom. The Bertz CT molecular complexity index is 892. The molecule has 0 aliphatic heterocycles. The summed E-state index contributed by atoms with van der Waals surface area (Å²) < 4.78 is 42.2. The van der Waals surface area contributed by atoms with E-state index in [9.17, 15) is 13.2 Å². The van der Waals surface area contributed by atoms with Gasteiger partial charge in [0, 0.05) is 17.8 Å². The maximum Gasteiger partial charge on any atom is 0.417 e. The number of imidazole rings is 1. The van der Waals surface area contributed by atoms with Crippen molar-refractivity contribution in [3.05, 3.63) is 54.2 Å². The number of halogens is 3.